The second-order valence-electron chi connectivity index (χ2n) is 4.89. The summed E-state index contributed by atoms with van der Waals surface area (Å²) in [6.45, 7) is 0. The molecule has 2 aliphatic carbocycles. The van der Waals surface area contributed by atoms with Gasteiger partial charge in [0.25, 0.3) is 0 Å². The molecule has 0 saturated heterocycles. The third-order valence-electron chi connectivity index (χ3n) is 4.15. The van der Waals surface area contributed by atoms with Crippen molar-refractivity contribution < 1.29 is 9.85 Å². The maximum atomic E-state index is 10.9. The van der Waals surface area contributed by atoms with E-state index in [4.69, 9.17) is 0 Å². The van der Waals surface area contributed by atoms with Crippen molar-refractivity contribution in [2.45, 2.75) is 50.6 Å². The average Bonchev–Trinajstić information content (AvgIpc) is 2.27. The van der Waals surface area contributed by atoms with E-state index in [0.29, 0.717) is 12.8 Å². The molecular formula is C10H16N2O4. The molecule has 2 saturated carbocycles. The van der Waals surface area contributed by atoms with E-state index in [1.807, 2.05) is 0 Å². The smallest absolute Gasteiger partial charge is 0.216 e. The normalized spacial score (nSPS) is 38.8. The third kappa shape index (κ3) is 1.88. The van der Waals surface area contributed by atoms with Crippen LogP contribution in [0.5, 0.6) is 0 Å². The lowest BCUT2D eigenvalue weighted by Crippen LogP contribution is -2.47. The fourth-order valence-corrected chi connectivity index (χ4v) is 3.46. The predicted octanol–water partition coefficient (Wildman–Crippen LogP) is 1.88. The van der Waals surface area contributed by atoms with Gasteiger partial charge in [0.2, 0.25) is 12.1 Å². The van der Waals surface area contributed by atoms with E-state index in [2.05, 4.69) is 0 Å². The summed E-state index contributed by atoms with van der Waals surface area (Å²) in [6, 6.07) is -1.08. The maximum Gasteiger partial charge on any atom is 0.216 e. The van der Waals surface area contributed by atoms with Crippen LogP contribution in [0.25, 0.3) is 0 Å². The molecule has 90 valence electrons. The molecule has 0 bridgehead atoms. The fourth-order valence-electron chi connectivity index (χ4n) is 3.46. The average molecular weight is 228 g/mol. The van der Waals surface area contributed by atoms with E-state index < -0.39 is 12.1 Å². The van der Waals surface area contributed by atoms with Gasteiger partial charge in [-0.15, -0.1) is 0 Å². The quantitative estimate of drug-likeness (QED) is 0.533. The monoisotopic (exact) mass is 228 g/mol. The Morgan fingerprint density at radius 2 is 1.12 bits per heavy atom. The van der Waals surface area contributed by atoms with Crippen molar-refractivity contribution in [3.8, 4) is 0 Å². The minimum Gasteiger partial charge on any atom is -0.264 e. The van der Waals surface area contributed by atoms with Gasteiger partial charge in [0, 0.05) is 34.5 Å². The second-order valence-corrected chi connectivity index (χ2v) is 4.89. The van der Waals surface area contributed by atoms with Crippen LogP contribution in [0.1, 0.15) is 38.5 Å². The summed E-state index contributed by atoms with van der Waals surface area (Å²) in [5, 5.41) is 21.8. The molecule has 0 aromatic rings. The zero-order valence-corrected chi connectivity index (χ0v) is 9.08. The molecule has 0 amide bonds. The van der Waals surface area contributed by atoms with Crippen LogP contribution in [0.4, 0.5) is 0 Å². The summed E-state index contributed by atoms with van der Waals surface area (Å²) >= 11 is 0. The molecule has 0 heterocycles. The van der Waals surface area contributed by atoms with Gasteiger partial charge < -0.3 is 0 Å². The molecule has 2 fully saturated rings. The third-order valence-corrected chi connectivity index (χ3v) is 4.15. The first kappa shape index (κ1) is 11.3. The molecule has 6 heteroatoms. The lowest BCUT2D eigenvalue weighted by molar-refractivity contribution is -0.564. The van der Waals surface area contributed by atoms with E-state index >= 15 is 0 Å². The van der Waals surface area contributed by atoms with Gasteiger partial charge in [0.05, 0.1) is 0 Å². The first-order chi connectivity index (χ1) is 7.61. The minimum atomic E-state index is -0.540. The highest BCUT2D eigenvalue weighted by atomic mass is 16.6. The van der Waals surface area contributed by atoms with E-state index in [1.165, 1.54) is 0 Å². The summed E-state index contributed by atoms with van der Waals surface area (Å²) in [7, 11) is 0. The van der Waals surface area contributed by atoms with Crippen LogP contribution >= 0.6 is 0 Å². The molecule has 2 rings (SSSR count). The number of hydrogen-bond donors (Lipinski definition) is 0. The Morgan fingerprint density at radius 3 is 1.44 bits per heavy atom. The fraction of sp³-hybridized carbons (Fsp3) is 1.00. The molecule has 0 N–H and O–H groups in total. The van der Waals surface area contributed by atoms with Gasteiger partial charge >= 0.3 is 0 Å². The van der Waals surface area contributed by atoms with Gasteiger partial charge in [-0.05, 0) is 25.7 Å². The van der Waals surface area contributed by atoms with Crippen LogP contribution in [-0.4, -0.2) is 21.9 Å². The number of rotatable bonds is 2. The van der Waals surface area contributed by atoms with Crippen LogP contribution in [0.2, 0.25) is 0 Å². The van der Waals surface area contributed by atoms with Crippen LogP contribution in [-0.2, 0) is 0 Å². The van der Waals surface area contributed by atoms with Gasteiger partial charge in [0.15, 0.2) is 0 Å². The number of fused-ring (bicyclic) bond motifs is 1. The van der Waals surface area contributed by atoms with Gasteiger partial charge in [-0.25, -0.2) is 0 Å². The van der Waals surface area contributed by atoms with Crippen LogP contribution < -0.4 is 0 Å². The number of nitro groups is 2. The minimum absolute atomic E-state index is 0.0621. The van der Waals surface area contributed by atoms with Gasteiger partial charge in [0.1, 0.15) is 0 Å². The lowest BCUT2D eigenvalue weighted by Gasteiger charge is -2.37. The summed E-state index contributed by atoms with van der Waals surface area (Å²) in [6.07, 6.45) is 4.30. The topological polar surface area (TPSA) is 86.3 Å². The van der Waals surface area contributed by atoms with Crippen molar-refractivity contribution in [3.05, 3.63) is 20.2 Å². The molecule has 6 nitrogen and oxygen atoms in total. The van der Waals surface area contributed by atoms with Crippen LogP contribution in [0.15, 0.2) is 0 Å². The highest BCUT2D eigenvalue weighted by Crippen LogP contribution is 2.42. The molecular weight excluding hydrogens is 212 g/mol. The SMILES string of the molecule is O=[N+]([O-])C1CCCC2C1CCCC2[N+](=O)[O-]. The van der Waals surface area contributed by atoms with Gasteiger partial charge in [-0.1, -0.05) is 0 Å². The Hall–Kier alpha value is -1.20. The predicted molar refractivity (Wildman–Crippen MR) is 56.2 cm³/mol. The van der Waals surface area contributed by atoms with Crippen molar-refractivity contribution in [3.63, 3.8) is 0 Å². The van der Waals surface area contributed by atoms with Crippen molar-refractivity contribution >= 4 is 0 Å². The molecule has 0 spiro atoms. The van der Waals surface area contributed by atoms with E-state index in [9.17, 15) is 20.2 Å². The van der Waals surface area contributed by atoms with Crippen molar-refractivity contribution in [1.29, 1.82) is 0 Å². The molecule has 4 unspecified atom stereocenters. The summed E-state index contributed by atoms with van der Waals surface area (Å²) < 4.78 is 0. The van der Waals surface area contributed by atoms with Crippen LogP contribution in [0, 0.1) is 32.1 Å². The second kappa shape index (κ2) is 4.35. The molecule has 0 aromatic carbocycles. The Morgan fingerprint density at radius 1 is 0.750 bits per heavy atom. The maximum absolute atomic E-state index is 10.9. The van der Waals surface area contributed by atoms with E-state index in [1.54, 1.807) is 0 Å². The molecule has 2 aliphatic rings. The van der Waals surface area contributed by atoms with Crippen molar-refractivity contribution in [1.82, 2.24) is 0 Å². The summed E-state index contributed by atoms with van der Waals surface area (Å²) in [5.41, 5.74) is 0. The molecule has 0 radical (unpaired) electrons. The van der Waals surface area contributed by atoms with E-state index in [0.717, 1.165) is 25.7 Å². The molecule has 4 atom stereocenters. The lowest BCUT2D eigenvalue weighted by atomic mass is 9.66. The van der Waals surface area contributed by atoms with Crippen molar-refractivity contribution in [2.24, 2.45) is 11.8 Å². The zero-order chi connectivity index (χ0) is 11.7. The Kier molecular flexibility index (Phi) is 3.07. The first-order valence-electron chi connectivity index (χ1n) is 5.88. The standard InChI is InChI=1S/C10H16N2O4/c13-11(14)9-5-1-3-7-8(9)4-2-6-10(7)12(15)16/h7-10H,1-6H2. The number of hydrogen-bond acceptors (Lipinski definition) is 4. The van der Waals surface area contributed by atoms with Gasteiger partial charge in [-0.3, -0.25) is 20.2 Å². The highest BCUT2D eigenvalue weighted by Gasteiger charge is 2.49. The Balaban J connectivity index is 2.17. The molecule has 0 aromatic heterocycles. The Bertz CT molecular complexity index is 277. The zero-order valence-electron chi connectivity index (χ0n) is 9.08. The highest BCUT2D eigenvalue weighted by molar-refractivity contribution is 4.90. The summed E-state index contributed by atoms with van der Waals surface area (Å²) in [4.78, 5) is 21.4. The molecule has 0 aliphatic heterocycles. The Labute approximate surface area is 93.3 Å². The van der Waals surface area contributed by atoms with Crippen molar-refractivity contribution in [2.75, 3.05) is 0 Å². The largest absolute Gasteiger partial charge is 0.264 e. The van der Waals surface area contributed by atoms with E-state index in [-0.39, 0.29) is 21.7 Å². The van der Waals surface area contributed by atoms with Gasteiger partial charge in [-0.2, -0.15) is 0 Å². The molecule has 16 heavy (non-hydrogen) atoms. The summed E-state index contributed by atoms with van der Waals surface area (Å²) in [5.74, 6) is -0.124. The number of nitrogens with zero attached hydrogens (tertiary/aromatic N) is 2. The first-order valence-corrected chi connectivity index (χ1v) is 5.88. The van der Waals surface area contributed by atoms with Crippen LogP contribution in [0.3, 0.4) is 0 Å².